The number of sulfonamides is 1. The Balaban J connectivity index is 0.00000144. The number of hydrogen-bond acceptors (Lipinski definition) is 2. The van der Waals surface area contributed by atoms with E-state index in [9.17, 15) is 8.42 Å². The van der Waals surface area contributed by atoms with Gasteiger partial charge in [0, 0.05) is 0 Å². The molecule has 0 aliphatic carbocycles. The van der Waals surface area contributed by atoms with E-state index in [1.165, 1.54) is 6.07 Å². The van der Waals surface area contributed by atoms with Crippen molar-refractivity contribution in [3.8, 4) is 0 Å². The number of halogens is 1. The molecule has 1 aromatic rings. The van der Waals surface area contributed by atoms with Gasteiger partial charge in [0.05, 0.1) is 4.90 Å². The van der Waals surface area contributed by atoms with Crippen LogP contribution in [0.1, 0.15) is 5.56 Å². The standard InChI is InChI=1S/C7H8ClNO2S.Na/c1-6-4-2-3-5-7(6)12(10,11)9-8;/h2-5,9H,1H3;/q;+1. The Labute approximate surface area is 105 Å². The normalized spacial score (nSPS) is 10.6. The average molecular weight is 229 g/mol. The number of aryl methyl sites for hydroxylation is 1. The van der Waals surface area contributed by atoms with Crippen molar-refractivity contribution in [2.75, 3.05) is 0 Å². The molecule has 6 heteroatoms. The third kappa shape index (κ3) is 3.23. The smallest absolute Gasteiger partial charge is 0.206 e. The van der Waals surface area contributed by atoms with Crippen LogP contribution in [-0.2, 0) is 10.0 Å². The Bertz CT molecular complexity index is 380. The van der Waals surface area contributed by atoms with Gasteiger partial charge in [0.25, 0.3) is 10.0 Å². The Morgan fingerprint density at radius 1 is 1.31 bits per heavy atom. The third-order valence-electron chi connectivity index (χ3n) is 1.48. The molecule has 0 atom stereocenters. The Morgan fingerprint density at radius 2 is 1.85 bits per heavy atom. The van der Waals surface area contributed by atoms with E-state index >= 15 is 0 Å². The van der Waals surface area contributed by atoms with Crippen molar-refractivity contribution in [1.29, 1.82) is 0 Å². The van der Waals surface area contributed by atoms with E-state index in [1.54, 1.807) is 29.4 Å². The van der Waals surface area contributed by atoms with E-state index in [1.807, 2.05) is 0 Å². The van der Waals surface area contributed by atoms with Crippen LogP contribution in [0.3, 0.4) is 0 Å². The first-order chi connectivity index (χ1) is 5.58. The van der Waals surface area contributed by atoms with Gasteiger partial charge >= 0.3 is 29.6 Å². The van der Waals surface area contributed by atoms with Gasteiger partial charge in [-0.25, -0.2) is 8.42 Å². The minimum absolute atomic E-state index is 0. The van der Waals surface area contributed by atoms with Crippen LogP contribution in [0.25, 0.3) is 0 Å². The van der Waals surface area contributed by atoms with E-state index < -0.39 is 10.0 Å². The monoisotopic (exact) mass is 228 g/mol. The summed E-state index contributed by atoms with van der Waals surface area (Å²) in [5, 5.41) is 0. The molecule has 0 heterocycles. The first-order valence-corrected chi connectivity index (χ1v) is 5.12. The van der Waals surface area contributed by atoms with Gasteiger partial charge < -0.3 is 0 Å². The molecule has 0 unspecified atom stereocenters. The predicted octanol–water partition coefficient (Wildman–Crippen LogP) is -1.57. The summed E-state index contributed by atoms with van der Waals surface area (Å²) in [4.78, 5) is 0.208. The summed E-state index contributed by atoms with van der Waals surface area (Å²) in [6, 6.07) is 6.62. The summed E-state index contributed by atoms with van der Waals surface area (Å²) < 4.78 is 24.1. The molecule has 0 aromatic heterocycles. The topological polar surface area (TPSA) is 46.2 Å². The second-order valence-electron chi connectivity index (χ2n) is 2.35. The molecule has 0 radical (unpaired) electrons. The molecule has 1 aromatic carbocycles. The van der Waals surface area contributed by atoms with E-state index in [2.05, 4.69) is 0 Å². The Morgan fingerprint density at radius 3 is 2.31 bits per heavy atom. The van der Waals surface area contributed by atoms with Crippen LogP contribution in [0.15, 0.2) is 29.2 Å². The number of hydrogen-bond donors (Lipinski definition) is 1. The van der Waals surface area contributed by atoms with Crippen molar-refractivity contribution in [1.82, 2.24) is 4.24 Å². The first-order valence-electron chi connectivity index (χ1n) is 3.26. The molecule has 0 spiro atoms. The van der Waals surface area contributed by atoms with Crippen LogP contribution in [0.4, 0.5) is 0 Å². The second-order valence-corrected chi connectivity index (χ2v) is 4.41. The molecule has 0 amide bonds. The quantitative estimate of drug-likeness (QED) is 0.491. The second kappa shape index (κ2) is 5.34. The molecule has 0 bridgehead atoms. The minimum Gasteiger partial charge on any atom is -0.206 e. The van der Waals surface area contributed by atoms with E-state index in [0.717, 1.165) is 0 Å². The molecule has 0 saturated carbocycles. The Kier molecular flexibility index (Phi) is 5.51. The van der Waals surface area contributed by atoms with Gasteiger partial charge in [-0.15, -0.1) is 4.24 Å². The van der Waals surface area contributed by atoms with Crippen molar-refractivity contribution >= 4 is 21.8 Å². The van der Waals surface area contributed by atoms with Crippen LogP contribution in [0.5, 0.6) is 0 Å². The number of rotatable bonds is 2. The van der Waals surface area contributed by atoms with Crippen LogP contribution < -0.4 is 33.8 Å². The summed E-state index contributed by atoms with van der Waals surface area (Å²) in [6.45, 7) is 1.71. The van der Waals surface area contributed by atoms with Crippen LogP contribution >= 0.6 is 11.8 Å². The van der Waals surface area contributed by atoms with Gasteiger partial charge in [-0.3, -0.25) is 0 Å². The first kappa shape index (κ1) is 13.4. The fourth-order valence-corrected chi connectivity index (χ4v) is 1.98. The van der Waals surface area contributed by atoms with Gasteiger partial charge in [-0.2, -0.15) is 0 Å². The van der Waals surface area contributed by atoms with Gasteiger partial charge in [-0.1, -0.05) is 18.2 Å². The van der Waals surface area contributed by atoms with Crippen LogP contribution in [-0.4, -0.2) is 8.42 Å². The molecule has 0 fully saturated rings. The van der Waals surface area contributed by atoms with Crippen molar-refractivity contribution in [3.05, 3.63) is 29.8 Å². The molecule has 1 N–H and O–H groups in total. The van der Waals surface area contributed by atoms with Crippen molar-refractivity contribution in [3.63, 3.8) is 0 Å². The molecule has 0 saturated heterocycles. The number of nitrogens with one attached hydrogen (secondary N) is 1. The van der Waals surface area contributed by atoms with Gasteiger partial charge in [0.2, 0.25) is 0 Å². The molecular formula is C7H8ClNNaO2S+. The SMILES string of the molecule is Cc1ccccc1S(=O)(=O)NCl.[Na+]. The fraction of sp³-hybridized carbons (Fsp3) is 0.143. The maximum Gasteiger partial charge on any atom is 1.00 e. The zero-order valence-electron chi connectivity index (χ0n) is 7.41. The molecular weight excluding hydrogens is 221 g/mol. The van der Waals surface area contributed by atoms with Crippen molar-refractivity contribution in [2.45, 2.75) is 11.8 Å². The molecule has 3 nitrogen and oxygen atoms in total. The summed E-state index contributed by atoms with van der Waals surface area (Å²) in [7, 11) is -3.51. The molecule has 66 valence electrons. The van der Waals surface area contributed by atoms with Gasteiger partial charge in [-0.05, 0) is 30.3 Å². The van der Waals surface area contributed by atoms with Crippen molar-refractivity contribution in [2.24, 2.45) is 0 Å². The number of benzene rings is 1. The largest absolute Gasteiger partial charge is 1.00 e. The maximum absolute atomic E-state index is 11.2. The van der Waals surface area contributed by atoms with E-state index in [-0.39, 0.29) is 34.5 Å². The summed E-state index contributed by atoms with van der Waals surface area (Å²) in [5.41, 5.74) is 0.672. The summed E-state index contributed by atoms with van der Waals surface area (Å²) in [6.07, 6.45) is 0. The molecule has 1 rings (SSSR count). The third-order valence-corrected chi connectivity index (χ3v) is 3.33. The molecule has 0 aliphatic heterocycles. The zero-order valence-corrected chi connectivity index (χ0v) is 11.0. The Hall–Kier alpha value is 0.420. The average Bonchev–Trinajstić information content (AvgIpc) is 2.05. The fourth-order valence-electron chi connectivity index (χ4n) is 0.899. The van der Waals surface area contributed by atoms with E-state index in [4.69, 9.17) is 11.8 Å². The van der Waals surface area contributed by atoms with Gasteiger partial charge in [0.1, 0.15) is 0 Å². The molecule has 0 aliphatic rings. The predicted molar refractivity (Wildman–Crippen MR) is 47.4 cm³/mol. The van der Waals surface area contributed by atoms with Crippen molar-refractivity contribution < 1.29 is 38.0 Å². The zero-order chi connectivity index (χ0) is 9.19. The maximum atomic E-state index is 11.2. The minimum atomic E-state index is -3.51. The van der Waals surface area contributed by atoms with Crippen LogP contribution in [0.2, 0.25) is 0 Å². The summed E-state index contributed by atoms with van der Waals surface area (Å²) in [5.74, 6) is 0. The van der Waals surface area contributed by atoms with Crippen LogP contribution in [0, 0.1) is 6.92 Å². The molecule has 13 heavy (non-hydrogen) atoms. The van der Waals surface area contributed by atoms with E-state index in [0.29, 0.717) is 5.56 Å². The van der Waals surface area contributed by atoms with Gasteiger partial charge in [0.15, 0.2) is 0 Å². The summed E-state index contributed by atoms with van der Waals surface area (Å²) >= 11 is 5.06.